The lowest BCUT2D eigenvalue weighted by atomic mass is 9.87. The second kappa shape index (κ2) is 10.8. The average molecular weight is 423 g/mol. The van der Waals surface area contributed by atoms with Crippen LogP contribution in [0.4, 0.5) is 0 Å². The van der Waals surface area contributed by atoms with Crippen molar-refractivity contribution in [3.63, 3.8) is 0 Å². The normalized spacial score (nSPS) is 17.9. The molecule has 0 amide bonds. The van der Waals surface area contributed by atoms with Gasteiger partial charge in [0.15, 0.2) is 8.32 Å². The molecule has 0 spiro atoms. The van der Waals surface area contributed by atoms with Crippen LogP contribution in [0.1, 0.15) is 47.1 Å². The van der Waals surface area contributed by atoms with Crippen molar-refractivity contribution < 1.29 is 19.0 Å². The third kappa shape index (κ3) is 7.25. The van der Waals surface area contributed by atoms with Gasteiger partial charge in [0.25, 0.3) is 0 Å². The molecule has 5 heteroatoms. The van der Waals surface area contributed by atoms with Gasteiger partial charge in [0.05, 0.1) is 32.0 Å². The van der Waals surface area contributed by atoms with Gasteiger partial charge in [0, 0.05) is 11.8 Å². The summed E-state index contributed by atoms with van der Waals surface area (Å²) in [6.45, 7) is 21.6. The molecule has 0 radical (unpaired) electrons. The van der Waals surface area contributed by atoms with E-state index >= 15 is 0 Å². The van der Waals surface area contributed by atoms with Gasteiger partial charge < -0.3 is 19.0 Å². The molecule has 5 atom stereocenters. The van der Waals surface area contributed by atoms with E-state index in [1.54, 1.807) is 13.2 Å². The molecule has 0 aliphatic heterocycles. The van der Waals surface area contributed by atoms with Crippen LogP contribution in [0.25, 0.3) is 0 Å². The van der Waals surface area contributed by atoms with Gasteiger partial charge in [-0.1, -0.05) is 52.8 Å². The van der Waals surface area contributed by atoms with Crippen LogP contribution in [0.5, 0.6) is 5.75 Å². The Balaban J connectivity index is 2.99. The summed E-state index contributed by atoms with van der Waals surface area (Å²) in [6, 6.07) is 7.89. The van der Waals surface area contributed by atoms with Crippen molar-refractivity contribution in [1.29, 1.82) is 0 Å². The second-order valence-corrected chi connectivity index (χ2v) is 14.4. The van der Waals surface area contributed by atoms with Crippen LogP contribution >= 0.6 is 0 Å². The lowest BCUT2D eigenvalue weighted by Crippen LogP contribution is -2.51. The SMILES string of the molecule is C=C[C@@H](C)[C@@H](O)[C@H](C)[C@H](O[Si](C)(C)C(C)(C)C)[C@H](C)OCc1ccc(OC)cc1. The fraction of sp³-hybridized carbons (Fsp3) is 0.667. The molecule has 0 bridgehead atoms. The topological polar surface area (TPSA) is 47.9 Å². The number of aliphatic hydroxyl groups excluding tert-OH is 1. The maximum absolute atomic E-state index is 10.8. The fourth-order valence-electron chi connectivity index (χ4n) is 3.00. The van der Waals surface area contributed by atoms with Gasteiger partial charge in [-0.2, -0.15) is 0 Å². The predicted octanol–water partition coefficient (Wildman–Crippen LogP) is 5.81. The highest BCUT2D eigenvalue weighted by Gasteiger charge is 2.43. The quantitative estimate of drug-likeness (QED) is 0.361. The second-order valence-electron chi connectivity index (χ2n) is 9.65. The molecule has 0 aliphatic carbocycles. The first kappa shape index (κ1) is 25.9. The maximum atomic E-state index is 10.8. The number of benzene rings is 1. The average Bonchev–Trinajstić information content (AvgIpc) is 2.67. The maximum Gasteiger partial charge on any atom is 0.192 e. The Kier molecular flexibility index (Phi) is 9.60. The van der Waals surface area contributed by atoms with Crippen molar-refractivity contribution in [2.24, 2.45) is 11.8 Å². The first-order chi connectivity index (χ1) is 13.3. The number of hydrogen-bond acceptors (Lipinski definition) is 4. The molecule has 0 saturated heterocycles. The van der Waals surface area contributed by atoms with E-state index < -0.39 is 14.4 Å². The van der Waals surface area contributed by atoms with Crippen molar-refractivity contribution in [2.45, 2.75) is 84.6 Å². The van der Waals surface area contributed by atoms with E-state index in [-0.39, 0.29) is 29.1 Å². The van der Waals surface area contributed by atoms with Crippen LogP contribution < -0.4 is 4.74 Å². The Hall–Kier alpha value is -1.14. The summed E-state index contributed by atoms with van der Waals surface area (Å²) in [4.78, 5) is 0. The van der Waals surface area contributed by atoms with E-state index in [1.807, 2.05) is 38.1 Å². The van der Waals surface area contributed by atoms with Crippen molar-refractivity contribution >= 4 is 8.32 Å². The Morgan fingerprint density at radius 2 is 1.66 bits per heavy atom. The summed E-state index contributed by atoms with van der Waals surface area (Å²) < 4.78 is 18.2. The number of methoxy groups -OCH3 is 1. The van der Waals surface area contributed by atoms with E-state index in [1.165, 1.54) is 0 Å². The van der Waals surface area contributed by atoms with Crippen molar-refractivity contribution in [3.05, 3.63) is 42.5 Å². The van der Waals surface area contributed by atoms with E-state index in [4.69, 9.17) is 13.9 Å². The zero-order chi connectivity index (χ0) is 22.4. The Bertz CT molecular complexity index is 621. The Labute approximate surface area is 179 Å². The molecular formula is C24H42O4Si. The molecule has 0 fully saturated rings. The Morgan fingerprint density at radius 1 is 1.10 bits per heavy atom. The third-order valence-electron chi connectivity index (χ3n) is 6.34. The summed E-state index contributed by atoms with van der Waals surface area (Å²) in [5, 5.41) is 10.9. The van der Waals surface area contributed by atoms with E-state index in [2.05, 4.69) is 47.4 Å². The molecule has 0 aromatic heterocycles. The molecule has 0 heterocycles. The molecule has 1 aromatic rings. The summed E-state index contributed by atoms with van der Waals surface area (Å²) in [6.07, 6.45) is 0.904. The molecule has 1 aromatic carbocycles. The van der Waals surface area contributed by atoms with Gasteiger partial charge in [0.1, 0.15) is 5.75 Å². The minimum Gasteiger partial charge on any atom is -0.497 e. The zero-order valence-corrected chi connectivity index (χ0v) is 20.9. The van der Waals surface area contributed by atoms with Gasteiger partial charge in [0.2, 0.25) is 0 Å². The van der Waals surface area contributed by atoms with Gasteiger partial charge in [-0.15, -0.1) is 6.58 Å². The zero-order valence-electron chi connectivity index (χ0n) is 19.9. The first-order valence-electron chi connectivity index (χ1n) is 10.6. The molecule has 1 N–H and O–H groups in total. The third-order valence-corrected chi connectivity index (χ3v) is 10.8. The lowest BCUT2D eigenvalue weighted by molar-refractivity contribution is -0.0797. The van der Waals surface area contributed by atoms with Gasteiger partial charge in [-0.3, -0.25) is 0 Å². The van der Waals surface area contributed by atoms with Crippen LogP contribution in [-0.4, -0.2) is 38.8 Å². The monoisotopic (exact) mass is 422 g/mol. The van der Waals surface area contributed by atoms with Crippen LogP contribution in [0.15, 0.2) is 36.9 Å². The first-order valence-corrected chi connectivity index (χ1v) is 13.5. The van der Waals surface area contributed by atoms with Crippen molar-refractivity contribution in [1.82, 2.24) is 0 Å². The van der Waals surface area contributed by atoms with Crippen molar-refractivity contribution in [2.75, 3.05) is 7.11 Å². The molecule has 1 rings (SSSR count). The number of hydrogen-bond donors (Lipinski definition) is 1. The Morgan fingerprint density at radius 3 is 2.10 bits per heavy atom. The van der Waals surface area contributed by atoms with Crippen LogP contribution in [-0.2, 0) is 15.8 Å². The molecule has 4 nitrogen and oxygen atoms in total. The molecular weight excluding hydrogens is 380 g/mol. The standard InChI is InChI=1S/C24H42O4Si/c1-11-17(2)22(25)18(3)23(28-29(9,10)24(5,6)7)19(4)27-16-20-12-14-21(26-8)15-13-20/h11-15,17-19,22-23,25H,1,16H2,2-10H3/t17-,18+,19+,22-,23+/m1/s1. The highest BCUT2D eigenvalue weighted by atomic mass is 28.4. The van der Waals surface area contributed by atoms with E-state index in [0.717, 1.165) is 11.3 Å². The minimum absolute atomic E-state index is 0.00990. The predicted molar refractivity (Wildman–Crippen MR) is 124 cm³/mol. The minimum atomic E-state index is -2.04. The molecule has 0 saturated carbocycles. The van der Waals surface area contributed by atoms with E-state index in [9.17, 15) is 5.11 Å². The molecule has 0 unspecified atom stereocenters. The van der Waals surface area contributed by atoms with Crippen LogP contribution in [0.2, 0.25) is 18.1 Å². The smallest absolute Gasteiger partial charge is 0.192 e. The van der Waals surface area contributed by atoms with Gasteiger partial charge >= 0.3 is 0 Å². The number of ether oxygens (including phenoxy) is 2. The van der Waals surface area contributed by atoms with Gasteiger partial charge in [-0.05, 0) is 42.8 Å². The largest absolute Gasteiger partial charge is 0.497 e. The van der Waals surface area contributed by atoms with Crippen LogP contribution in [0, 0.1) is 11.8 Å². The van der Waals surface area contributed by atoms with Gasteiger partial charge in [-0.25, -0.2) is 0 Å². The number of rotatable bonds is 11. The highest BCUT2D eigenvalue weighted by molar-refractivity contribution is 6.74. The number of aliphatic hydroxyl groups is 1. The lowest BCUT2D eigenvalue weighted by Gasteiger charge is -2.44. The molecule has 29 heavy (non-hydrogen) atoms. The molecule has 166 valence electrons. The summed E-state index contributed by atoms with van der Waals surface area (Å²) in [5.41, 5.74) is 1.08. The fourth-order valence-corrected chi connectivity index (χ4v) is 4.44. The summed E-state index contributed by atoms with van der Waals surface area (Å²) in [7, 11) is -0.378. The summed E-state index contributed by atoms with van der Waals surface area (Å²) >= 11 is 0. The highest BCUT2D eigenvalue weighted by Crippen LogP contribution is 2.39. The van der Waals surface area contributed by atoms with Crippen molar-refractivity contribution in [3.8, 4) is 5.75 Å². The van der Waals surface area contributed by atoms with E-state index in [0.29, 0.717) is 6.61 Å². The molecule has 0 aliphatic rings. The summed E-state index contributed by atoms with van der Waals surface area (Å²) in [5.74, 6) is 0.739. The van der Waals surface area contributed by atoms with Crippen LogP contribution in [0.3, 0.4) is 0 Å².